The lowest BCUT2D eigenvalue weighted by Crippen LogP contribution is -2.46. The van der Waals surface area contributed by atoms with E-state index in [1.165, 1.54) is 6.07 Å². The second-order valence-electron chi connectivity index (χ2n) is 7.64. The Balaban J connectivity index is 1.69. The van der Waals surface area contributed by atoms with Gasteiger partial charge in [-0.2, -0.15) is 0 Å². The third kappa shape index (κ3) is 3.99. The smallest absolute Gasteiger partial charge is 0.322 e. The molecule has 1 aromatic heterocycles. The van der Waals surface area contributed by atoms with Gasteiger partial charge in [-0.25, -0.2) is 9.18 Å². The fourth-order valence-corrected chi connectivity index (χ4v) is 4.20. The molecule has 5 nitrogen and oxygen atoms in total. The van der Waals surface area contributed by atoms with Crippen molar-refractivity contribution < 1.29 is 9.18 Å². The van der Waals surface area contributed by atoms with Gasteiger partial charge in [0.1, 0.15) is 5.82 Å². The molecule has 0 unspecified atom stereocenters. The van der Waals surface area contributed by atoms with E-state index in [1.807, 2.05) is 38.1 Å². The molecular formula is C24H25FN4O. The molecule has 30 heavy (non-hydrogen) atoms. The van der Waals surface area contributed by atoms with Crippen LogP contribution in [0.25, 0.3) is 0 Å². The highest BCUT2D eigenvalue weighted by molar-refractivity contribution is 5.90. The number of nitrogens with zero attached hydrogens (tertiary/aromatic N) is 3. The van der Waals surface area contributed by atoms with Crippen LogP contribution in [0.15, 0.2) is 73.1 Å². The summed E-state index contributed by atoms with van der Waals surface area (Å²) in [5.41, 5.74) is 3.12. The van der Waals surface area contributed by atoms with E-state index in [1.54, 1.807) is 35.5 Å². The number of carbonyl (C=O) groups excluding carboxylic acids is 1. The Morgan fingerprint density at radius 3 is 2.63 bits per heavy atom. The molecule has 0 aliphatic carbocycles. The van der Waals surface area contributed by atoms with Crippen LogP contribution in [0.2, 0.25) is 0 Å². The maximum Gasteiger partial charge on any atom is 0.322 e. The molecular weight excluding hydrogens is 379 g/mol. The number of fused-ring (bicyclic) bond motifs is 1. The van der Waals surface area contributed by atoms with Gasteiger partial charge in [-0.15, -0.1) is 0 Å². The fourth-order valence-electron chi connectivity index (χ4n) is 4.20. The van der Waals surface area contributed by atoms with E-state index in [0.29, 0.717) is 24.3 Å². The molecule has 3 aromatic rings. The van der Waals surface area contributed by atoms with E-state index >= 15 is 4.39 Å². The van der Waals surface area contributed by atoms with Crippen molar-refractivity contribution >= 4 is 17.4 Å². The lowest BCUT2D eigenvalue weighted by molar-refractivity contribution is 0.170. The Bertz CT molecular complexity index is 1010. The summed E-state index contributed by atoms with van der Waals surface area (Å²) in [4.78, 5) is 21.1. The third-order valence-corrected chi connectivity index (χ3v) is 5.53. The van der Waals surface area contributed by atoms with Crippen LogP contribution >= 0.6 is 0 Å². The molecule has 0 spiro atoms. The third-order valence-electron chi connectivity index (χ3n) is 5.53. The zero-order chi connectivity index (χ0) is 21.1. The van der Waals surface area contributed by atoms with E-state index in [-0.39, 0.29) is 17.9 Å². The molecule has 1 aliphatic rings. The number of nitrogens with one attached hydrogen (secondary N) is 1. The van der Waals surface area contributed by atoms with E-state index in [4.69, 9.17) is 0 Å². The number of urea groups is 1. The highest BCUT2D eigenvalue weighted by Crippen LogP contribution is 2.37. The average molecular weight is 404 g/mol. The number of aromatic nitrogens is 1. The van der Waals surface area contributed by atoms with Gasteiger partial charge in [-0.1, -0.05) is 36.4 Å². The summed E-state index contributed by atoms with van der Waals surface area (Å²) >= 11 is 0. The quantitative estimate of drug-likeness (QED) is 0.651. The van der Waals surface area contributed by atoms with Crippen LogP contribution in [-0.2, 0) is 6.54 Å². The van der Waals surface area contributed by atoms with Gasteiger partial charge in [0.2, 0.25) is 0 Å². The van der Waals surface area contributed by atoms with Crippen LogP contribution in [0, 0.1) is 5.82 Å². The van der Waals surface area contributed by atoms with E-state index in [0.717, 1.165) is 11.3 Å². The summed E-state index contributed by atoms with van der Waals surface area (Å²) in [7, 11) is 0. The van der Waals surface area contributed by atoms with Gasteiger partial charge in [0.25, 0.3) is 0 Å². The zero-order valence-electron chi connectivity index (χ0n) is 17.1. The van der Waals surface area contributed by atoms with Gasteiger partial charge >= 0.3 is 6.03 Å². The Morgan fingerprint density at radius 1 is 1.10 bits per heavy atom. The number of pyridine rings is 1. The predicted molar refractivity (Wildman–Crippen MR) is 117 cm³/mol. The Labute approximate surface area is 176 Å². The Hall–Kier alpha value is -3.41. The van der Waals surface area contributed by atoms with Crippen molar-refractivity contribution in [1.29, 1.82) is 0 Å². The molecule has 2 atom stereocenters. The first kappa shape index (κ1) is 19.9. The number of hydrogen-bond donors (Lipinski definition) is 1. The lowest BCUT2D eigenvalue weighted by atomic mass is 10.0. The van der Waals surface area contributed by atoms with Crippen molar-refractivity contribution in [3.05, 3.63) is 90.0 Å². The number of benzene rings is 2. The second-order valence-corrected chi connectivity index (χ2v) is 7.64. The van der Waals surface area contributed by atoms with Crippen LogP contribution in [0.5, 0.6) is 0 Å². The first-order valence-corrected chi connectivity index (χ1v) is 10.1. The Kier molecular flexibility index (Phi) is 5.65. The molecule has 4 rings (SSSR count). The van der Waals surface area contributed by atoms with Crippen molar-refractivity contribution in [3.63, 3.8) is 0 Å². The van der Waals surface area contributed by atoms with Crippen molar-refractivity contribution in [2.45, 2.75) is 32.5 Å². The van der Waals surface area contributed by atoms with Crippen molar-refractivity contribution in [3.8, 4) is 0 Å². The van der Waals surface area contributed by atoms with E-state index < -0.39 is 6.04 Å². The summed E-state index contributed by atoms with van der Waals surface area (Å²) in [6.07, 6.45) is 3.25. The summed E-state index contributed by atoms with van der Waals surface area (Å²) in [5, 5.41) is 2.90. The minimum atomic E-state index is -0.423. The first-order chi connectivity index (χ1) is 14.5. The molecule has 0 bridgehead atoms. The van der Waals surface area contributed by atoms with Gasteiger partial charge in [-0.3, -0.25) is 4.98 Å². The molecule has 1 aliphatic heterocycles. The molecule has 0 fully saturated rings. The van der Waals surface area contributed by atoms with Gasteiger partial charge in [0, 0.05) is 36.6 Å². The molecule has 0 saturated heterocycles. The molecule has 154 valence electrons. The number of amides is 2. The maximum atomic E-state index is 15.0. The van der Waals surface area contributed by atoms with Gasteiger partial charge < -0.3 is 15.1 Å². The van der Waals surface area contributed by atoms with E-state index in [9.17, 15) is 4.79 Å². The minimum Gasteiger partial charge on any atom is -0.365 e. The number of hydrogen-bond acceptors (Lipinski definition) is 3. The maximum absolute atomic E-state index is 15.0. The lowest BCUT2D eigenvalue weighted by Gasteiger charge is -2.33. The van der Waals surface area contributed by atoms with Crippen molar-refractivity contribution in [2.75, 3.05) is 16.8 Å². The van der Waals surface area contributed by atoms with Crippen LogP contribution in [0.3, 0.4) is 0 Å². The number of halogens is 1. The van der Waals surface area contributed by atoms with Gasteiger partial charge in [-0.05, 0) is 43.7 Å². The minimum absolute atomic E-state index is 0.132. The molecule has 2 aromatic carbocycles. The molecule has 6 heteroatoms. The van der Waals surface area contributed by atoms with Crippen LogP contribution in [0.1, 0.15) is 31.0 Å². The molecule has 1 N–H and O–H groups in total. The van der Waals surface area contributed by atoms with Crippen molar-refractivity contribution in [1.82, 2.24) is 9.88 Å². The summed E-state index contributed by atoms with van der Waals surface area (Å²) < 4.78 is 15.0. The van der Waals surface area contributed by atoms with Gasteiger partial charge in [0.05, 0.1) is 17.9 Å². The van der Waals surface area contributed by atoms with E-state index in [2.05, 4.69) is 27.3 Å². The molecule has 2 heterocycles. The average Bonchev–Trinajstić information content (AvgIpc) is 2.84. The highest BCUT2D eigenvalue weighted by Gasteiger charge is 2.35. The Morgan fingerprint density at radius 2 is 1.90 bits per heavy atom. The van der Waals surface area contributed by atoms with Crippen LogP contribution < -0.4 is 10.2 Å². The van der Waals surface area contributed by atoms with Crippen LogP contribution in [-0.4, -0.2) is 28.5 Å². The zero-order valence-corrected chi connectivity index (χ0v) is 17.1. The normalized spacial score (nSPS) is 18.5. The molecule has 0 radical (unpaired) electrons. The molecule has 0 saturated carbocycles. The largest absolute Gasteiger partial charge is 0.365 e. The number of anilines is 2. The number of rotatable bonds is 3. The predicted octanol–water partition coefficient (Wildman–Crippen LogP) is 5.22. The summed E-state index contributed by atoms with van der Waals surface area (Å²) in [6, 6.07) is 18.0. The number of carbonyl (C=O) groups is 1. The monoisotopic (exact) mass is 404 g/mol. The van der Waals surface area contributed by atoms with Crippen LogP contribution in [0.4, 0.5) is 20.6 Å². The molecule has 2 amide bonds. The summed E-state index contributed by atoms with van der Waals surface area (Å²) in [5.74, 6) is -0.300. The summed E-state index contributed by atoms with van der Waals surface area (Å²) in [6.45, 7) is 5.12. The van der Waals surface area contributed by atoms with Crippen molar-refractivity contribution in [2.24, 2.45) is 0 Å². The standard InChI is InChI=1S/C24H25FN4O/c1-17-15-28(16-19-8-4-3-5-9-19)22-12-6-11-21(25)23(22)18(2)29(17)24(30)27-20-10-7-13-26-14-20/h3-14,17-18H,15-16H2,1-2H3,(H,27,30)/t17-,18+/m1/s1. The topological polar surface area (TPSA) is 48.5 Å². The fraction of sp³-hybridized carbons (Fsp3) is 0.250. The SMILES string of the molecule is C[C@@H]1CN(Cc2ccccc2)c2cccc(F)c2[C@H](C)N1C(=O)Nc1cccnc1. The first-order valence-electron chi connectivity index (χ1n) is 10.1. The van der Waals surface area contributed by atoms with Gasteiger partial charge in [0.15, 0.2) is 0 Å². The highest BCUT2D eigenvalue weighted by atomic mass is 19.1. The second kappa shape index (κ2) is 8.53.